The van der Waals surface area contributed by atoms with Crippen molar-refractivity contribution in [2.45, 2.75) is 58.0 Å². The number of likely N-dealkylation sites (N-methyl/N-ethyl adjacent to an activating group) is 1. The predicted molar refractivity (Wildman–Crippen MR) is 68.5 cm³/mol. The Morgan fingerprint density at radius 1 is 1.41 bits per heavy atom. The molecule has 0 saturated carbocycles. The fourth-order valence-electron chi connectivity index (χ4n) is 2.68. The van der Waals surface area contributed by atoms with Crippen molar-refractivity contribution in [1.29, 1.82) is 0 Å². The van der Waals surface area contributed by atoms with Gasteiger partial charge in [-0.05, 0) is 25.3 Å². The van der Waals surface area contributed by atoms with Gasteiger partial charge in [0.1, 0.15) is 6.10 Å². The van der Waals surface area contributed by atoms with E-state index in [0.29, 0.717) is 5.92 Å². The van der Waals surface area contributed by atoms with Gasteiger partial charge in [-0.1, -0.05) is 33.6 Å². The monoisotopic (exact) mass is 241 g/mol. The first-order chi connectivity index (χ1) is 7.86. The lowest BCUT2D eigenvalue weighted by molar-refractivity contribution is -0.0195. The van der Waals surface area contributed by atoms with Crippen LogP contribution in [-0.4, -0.2) is 31.0 Å². The number of hydrogen-bond donors (Lipinski definition) is 1. The maximum atomic E-state index is 14.9. The van der Waals surface area contributed by atoms with Gasteiger partial charge in [0.2, 0.25) is 5.67 Å². The Bertz CT molecular complexity index is 297. The van der Waals surface area contributed by atoms with Crippen molar-refractivity contribution in [1.82, 2.24) is 5.32 Å². The molecule has 1 N–H and O–H groups in total. The molecule has 1 aliphatic heterocycles. The highest BCUT2D eigenvalue weighted by atomic mass is 19.1. The molecule has 17 heavy (non-hydrogen) atoms. The van der Waals surface area contributed by atoms with Crippen molar-refractivity contribution in [3.63, 3.8) is 0 Å². The number of nitrogens with one attached hydrogen (secondary N) is 1. The summed E-state index contributed by atoms with van der Waals surface area (Å²) in [6.45, 7) is 8.10. The minimum atomic E-state index is -1.71. The fraction of sp³-hybridized carbons (Fsp3) is 0.857. The zero-order chi connectivity index (χ0) is 13.2. The molecule has 0 amide bonds. The van der Waals surface area contributed by atoms with E-state index < -0.39 is 17.8 Å². The molecule has 1 aliphatic rings. The van der Waals surface area contributed by atoms with E-state index in [1.54, 1.807) is 7.05 Å². The zero-order valence-corrected chi connectivity index (χ0v) is 11.5. The minimum absolute atomic E-state index is 0.0732. The molecule has 1 heterocycles. The summed E-state index contributed by atoms with van der Waals surface area (Å²) in [5.74, 6) is 2.86. The van der Waals surface area contributed by atoms with E-state index in [1.165, 1.54) is 0 Å². The molecule has 0 aromatic heterocycles. The summed E-state index contributed by atoms with van der Waals surface area (Å²) in [7, 11) is 1.75. The molecular formula is C14H24FNO. The molecule has 0 bridgehead atoms. The van der Waals surface area contributed by atoms with Crippen LogP contribution in [0.25, 0.3) is 0 Å². The van der Waals surface area contributed by atoms with Crippen LogP contribution in [0.1, 0.15) is 34.1 Å². The normalized spacial score (nSPS) is 37.7. The van der Waals surface area contributed by atoms with Crippen molar-refractivity contribution in [2.24, 2.45) is 11.8 Å². The highest BCUT2D eigenvalue weighted by molar-refractivity contribution is 5.23. The van der Waals surface area contributed by atoms with Crippen LogP contribution >= 0.6 is 0 Å². The average molecular weight is 241 g/mol. The summed E-state index contributed by atoms with van der Waals surface area (Å²) in [5, 5.41) is 3.00. The van der Waals surface area contributed by atoms with E-state index in [0.717, 1.165) is 6.42 Å². The van der Waals surface area contributed by atoms with Crippen LogP contribution in [0.3, 0.4) is 0 Å². The summed E-state index contributed by atoms with van der Waals surface area (Å²) in [6, 6.07) is -0.415. The third-order valence-electron chi connectivity index (χ3n) is 3.40. The Morgan fingerprint density at radius 2 is 2.00 bits per heavy atom. The standard InChI is InChI=1S/C14H24FNO/c1-7-14(15)12(16-6)11(8-9(2)3)17-13(14)10(4)5/h1,9-13,16H,8H2,2-6H3/t11-,12+,13+,14-/m1/s1. The van der Waals surface area contributed by atoms with E-state index in [9.17, 15) is 4.39 Å². The third kappa shape index (κ3) is 2.64. The third-order valence-corrected chi connectivity index (χ3v) is 3.40. The number of hydrogen-bond acceptors (Lipinski definition) is 2. The van der Waals surface area contributed by atoms with Crippen LogP contribution in [0, 0.1) is 24.2 Å². The van der Waals surface area contributed by atoms with E-state index in [1.807, 2.05) is 13.8 Å². The molecule has 0 aromatic rings. The number of halogens is 1. The van der Waals surface area contributed by atoms with Gasteiger partial charge in [-0.3, -0.25) is 0 Å². The molecular weight excluding hydrogens is 217 g/mol. The molecule has 3 heteroatoms. The van der Waals surface area contributed by atoms with Crippen molar-refractivity contribution >= 4 is 0 Å². The quantitative estimate of drug-likeness (QED) is 0.763. The van der Waals surface area contributed by atoms with Gasteiger partial charge < -0.3 is 10.1 Å². The number of ether oxygens (including phenoxy) is 1. The van der Waals surface area contributed by atoms with Gasteiger partial charge in [-0.15, -0.1) is 6.42 Å². The molecule has 4 atom stereocenters. The van der Waals surface area contributed by atoms with Gasteiger partial charge >= 0.3 is 0 Å². The van der Waals surface area contributed by atoms with E-state index in [4.69, 9.17) is 11.2 Å². The Balaban J connectivity index is 2.97. The lowest BCUT2D eigenvalue weighted by Crippen LogP contribution is -2.51. The maximum absolute atomic E-state index is 14.9. The lowest BCUT2D eigenvalue weighted by Gasteiger charge is -2.28. The summed E-state index contributed by atoms with van der Waals surface area (Å²) >= 11 is 0. The van der Waals surface area contributed by atoms with Crippen LogP contribution < -0.4 is 5.32 Å². The highest BCUT2D eigenvalue weighted by Gasteiger charge is 2.56. The van der Waals surface area contributed by atoms with Crippen LogP contribution in [0.2, 0.25) is 0 Å². The fourth-order valence-corrected chi connectivity index (χ4v) is 2.68. The van der Waals surface area contributed by atoms with Gasteiger partial charge in [-0.25, -0.2) is 4.39 Å². The number of rotatable bonds is 4. The first kappa shape index (κ1) is 14.5. The van der Waals surface area contributed by atoms with Gasteiger partial charge in [0.05, 0.1) is 12.1 Å². The average Bonchev–Trinajstić information content (AvgIpc) is 2.51. The summed E-state index contributed by atoms with van der Waals surface area (Å²) in [6.07, 6.45) is 5.57. The summed E-state index contributed by atoms with van der Waals surface area (Å²) in [4.78, 5) is 0. The first-order valence-corrected chi connectivity index (χ1v) is 6.36. The number of terminal acetylenes is 1. The van der Waals surface area contributed by atoms with E-state index in [-0.39, 0.29) is 12.0 Å². The molecule has 0 radical (unpaired) electrons. The molecule has 1 saturated heterocycles. The molecule has 0 unspecified atom stereocenters. The first-order valence-electron chi connectivity index (χ1n) is 6.36. The second-order valence-corrected chi connectivity index (χ2v) is 5.65. The summed E-state index contributed by atoms with van der Waals surface area (Å²) < 4.78 is 20.8. The lowest BCUT2D eigenvalue weighted by atomic mass is 9.84. The zero-order valence-electron chi connectivity index (χ0n) is 11.5. The van der Waals surface area contributed by atoms with Crippen molar-refractivity contribution < 1.29 is 9.13 Å². The molecule has 0 aliphatic carbocycles. The largest absolute Gasteiger partial charge is 0.368 e. The van der Waals surface area contributed by atoms with Gasteiger partial charge in [0, 0.05) is 0 Å². The maximum Gasteiger partial charge on any atom is 0.214 e. The topological polar surface area (TPSA) is 21.3 Å². The Hall–Kier alpha value is -0.590. The Kier molecular flexibility index (Phi) is 4.57. The second-order valence-electron chi connectivity index (χ2n) is 5.65. The SMILES string of the molecule is C#C[C@]1(F)[C@H](C(C)C)O[C@H](CC(C)C)[C@@H]1NC. The van der Waals surface area contributed by atoms with Gasteiger partial charge in [0.15, 0.2) is 0 Å². The van der Waals surface area contributed by atoms with Gasteiger partial charge in [0.25, 0.3) is 0 Å². The van der Waals surface area contributed by atoms with E-state index in [2.05, 4.69) is 25.1 Å². The molecule has 2 nitrogen and oxygen atoms in total. The van der Waals surface area contributed by atoms with Crippen molar-refractivity contribution in [3.05, 3.63) is 0 Å². The molecule has 0 spiro atoms. The molecule has 1 fully saturated rings. The van der Waals surface area contributed by atoms with E-state index >= 15 is 0 Å². The van der Waals surface area contributed by atoms with Crippen LogP contribution in [0.15, 0.2) is 0 Å². The molecule has 0 aromatic carbocycles. The Labute approximate surface area is 104 Å². The minimum Gasteiger partial charge on any atom is -0.368 e. The van der Waals surface area contributed by atoms with Crippen molar-refractivity contribution in [2.75, 3.05) is 7.05 Å². The summed E-state index contributed by atoms with van der Waals surface area (Å²) in [5.41, 5.74) is -1.71. The van der Waals surface area contributed by atoms with Gasteiger partial charge in [-0.2, -0.15) is 0 Å². The van der Waals surface area contributed by atoms with Crippen LogP contribution in [-0.2, 0) is 4.74 Å². The molecule has 98 valence electrons. The molecule has 1 rings (SSSR count). The highest BCUT2D eigenvalue weighted by Crippen LogP contribution is 2.39. The van der Waals surface area contributed by atoms with Crippen molar-refractivity contribution in [3.8, 4) is 12.3 Å². The smallest absolute Gasteiger partial charge is 0.214 e. The predicted octanol–water partition coefficient (Wildman–Crippen LogP) is 2.39. The number of alkyl halides is 1. The van der Waals surface area contributed by atoms with Crippen LogP contribution in [0.5, 0.6) is 0 Å². The second kappa shape index (κ2) is 5.37. The van der Waals surface area contributed by atoms with Crippen LogP contribution in [0.4, 0.5) is 4.39 Å². The Morgan fingerprint density at radius 3 is 2.35 bits per heavy atom.